The van der Waals surface area contributed by atoms with Crippen molar-refractivity contribution >= 4 is 28.9 Å². The van der Waals surface area contributed by atoms with Crippen LogP contribution in [0.4, 0.5) is 11.4 Å². The van der Waals surface area contributed by atoms with Crippen LogP contribution in [0.15, 0.2) is 24.5 Å². The molecule has 0 saturated heterocycles. The molecule has 0 atom stereocenters. The van der Waals surface area contributed by atoms with Crippen molar-refractivity contribution in [2.24, 2.45) is 0 Å². The van der Waals surface area contributed by atoms with E-state index in [4.69, 9.17) is 22.1 Å². The summed E-state index contributed by atoms with van der Waals surface area (Å²) in [5, 5.41) is 9.27. The lowest BCUT2D eigenvalue weighted by atomic mass is 10.1. The van der Waals surface area contributed by atoms with Gasteiger partial charge in [-0.15, -0.1) is 0 Å². The van der Waals surface area contributed by atoms with Crippen molar-refractivity contribution in [3.63, 3.8) is 0 Å². The Balaban J connectivity index is 2.32. The maximum Gasteiger partial charge on any atom is 0.259 e. The number of nitrogen functional groups attached to an aromatic ring is 1. The summed E-state index contributed by atoms with van der Waals surface area (Å²) in [7, 11) is 1.46. The number of nitrogens with one attached hydrogen (secondary N) is 2. The third-order valence-corrected chi connectivity index (χ3v) is 2.65. The highest BCUT2D eigenvalue weighted by Gasteiger charge is 2.15. The summed E-state index contributed by atoms with van der Waals surface area (Å²) in [6, 6.07) is 2.97. The number of benzene rings is 1. The van der Waals surface area contributed by atoms with Gasteiger partial charge in [-0.05, 0) is 6.07 Å². The van der Waals surface area contributed by atoms with Gasteiger partial charge in [0, 0.05) is 12.3 Å². The Labute approximate surface area is 108 Å². The second-order valence-corrected chi connectivity index (χ2v) is 3.92. The fraction of sp³-hybridized carbons (Fsp3) is 0.0909. The second-order valence-electron chi connectivity index (χ2n) is 3.52. The Bertz CT molecular complexity index is 569. The fourth-order valence-electron chi connectivity index (χ4n) is 1.43. The molecule has 1 aromatic carbocycles. The number of hydrogen-bond donors (Lipinski definition) is 3. The predicted molar refractivity (Wildman–Crippen MR) is 69.0 cm³/mol. The molecule has 2 aromatic rings. The Hall–Kier alpha value is -2.21. The van der Waals surface area contributed by atoms with Crippen LogP contribution in [0.1, 0.15) is 10.4 Å². The molecular weight excluding hydrogens is 256 g/mol. The van der Waals surface area contributed by atoms with Crippen LogP contribution in [0.25, 0.3) is 0 Å². The number of ether oxygens (including phenoxy) is 1. The zero-order valence-corrected chi connectivity index (χ0v) is 10.3. The average molecular weight is 267 g/mol. The molecule has 1 aromatic heterocycles. The van der Waals surface area contributed by atoms with E-state index in [-0.39, 0.29) is 5.91 Å². The van der Waals surface area contributed by atoms with Gasteiger partial charge in [-0.1, -0.05) is 11.6 Å². The summed E-state index contributed by atoms with van der Waals surface area (Å²) in [6.07, 6.45) is 3.05. The fourth-order valence-corrected chi connectivity index (χ4v) is 1.60. The summed E-state index contributed by atoms with van der Waals surface area (Å²) in [6.45, 7) is 0. The number of hydrogen-bond acceptors (Lipinski definition) is 4. The Kier molecular flexibility index (Phi) is 3.38. The first-order chi connectivity index (χ1) is 8.61. The molecule has 18 heavy (non-hydrogen) atoms. The van der Waals surface area contributed by atoms with Crippen LogP contribution >= 0.6 is 11.6 Å². The van der Waals surface area contributed by atoms with Crippen LogP contribution in [0.2, 0.25) is 5.02 Å². The molecule has 0 spiro atoms. The van der Waals surface area contributed by atoms with E-state index in [9.17, 15) is 4.79 Å². The molecule has 0 fully saturated rings. The van der Waals surface area contributed by atoms with Gasteiger partial charge in [-0.2, -0.15) is 5.10 Å². The third-order valence-electron chi connectivity index (χ3n) is 2.32. The minimum Gasteiger partial charge on any atom is -0.496 e. The van der Waals surface area contributed by atoms with Gasteiger partial charge >= 0.3 is 0 Å². The SMILES string of the molecule is COc1cc(N)c(Cl)cc1C(=O)Nc1cn[nH]c1. The van der Waals surface area contributed by atoms with Crippen molar-refractivity contribution in [2.75, 3.05) is 18.2 Å². The van der Waals surface area contributed by atoms with Crippen LogP contribution in [-0.4, -0.2) is 23.2 Å². The highest BCUT2D eigenvalue weighted by molar-refractivity contribution is 6.33. The maximum atomic E-state index is 12.0. The molecule has 7 heteroatoms. The number of carbonyl (C=O) groups excluding carboxylic acids is 1. The maximum absolute atomic E-state index is 12.0. The predicted octanol–water partition coefficient (Wildman–Crippen LogP) is 1.91. The van der Waals surface area contributed by atoms with Gasteiger partial charge in [-0.25, -0.2) is 0 Å². The number of anilines is 2. The molecule has 94 valence electrons. The molecule has 6 nitrogen and oxygen atoms in total. The molecule has 0 aliphatic heterocycles. The van der Waals surface area contributed by atoms with E-state index >= 15 is 0 Å². The van der Waals surface area contributed by atoms with E-state index in [0.29, 0.717) is 27.7 Å². The molecule has 4 N–H and O–H groups in total. The first kappa shape index (κ1) is 12.3. The van der Waals surface area contributed by atoms with Crippen molar-refractivity contribution < 1.29 is 9.53 Å². The van der Waals surface area contributed by atoms with E-state index in [1.807, 2.05) is 0 Å². The van der Waals surface area contributed by atoms with E-state index in [0.717, 1.165) is 0 Å². The first-order valence-corrected chi connectivity index (χ1v) is 5.42. The lowest BCUT2D eigenvalue weighted by Crippen LogP contribution is -2.13. The summed E-state index contributed by atoms with van der Waals surface area (Å²) in [5.41, 5.74) is 6.85. The molecule has 0 saturated carbocycles. The molecular formula is C11H11ClN4O2. The normalized spacial score (nSPS) is 10.1. The van der Waals surface area contributed by atoms with Crippen LogP contribution < -0.4 is 15.8 Å². The molecule has 2 rings (SSSR count). The van der Waals surface area contributed by atoms with E-state index in [2.05, 4.69) is 15.5 Å². The van der Waals surface area contributed by atoms with Gasteiger partial charge in [0.15, 0.2) is 0 Å². The minimum atomic E-state index is -0.352. The Morgan fingerprint density at radius 1 is 1.56 bits per heavy atom. The van der Waals surface area contributed by atoms with E-state index < -0.39 is 0 Å². The molecule has 0 aliphatic carbocycles. The van der Waals surface area contributed by atoms with Gasteiger partial charge in [0.2, 0.25) is 0 Å². The zero-order valence-electron chi connectivity index (χ0n) is 9.53. The zero-order chi connectivity index (χ0) is 13.1. The number of nitrogens with two attached hydrogens (primary N) is 1. The van der Waals surface area contributed by atoms with Crippen LogP contribution in [0, 0.1) is 0 Å². The van der Waals surface area contributed by atoms with Gasteiger partial charge in [0.1, 0.15) is 5.75 Å². The molecule has 0 bridgehead atoms. The highest BCUT2D eigenvalue weighted by Crippen LogP contribution is 2.29. The number of nitrogens with zero attached hydrogens (tertiary/aromatic N) is 1. The van der Waals surface area contributed by atoms with Crippen molar-refractivity contribution in [1.82, 2.24) is 10.2 Å². The average Bonchev–Trinajstić information content (AvgIpc) is 2.84. The van der Waals surface area contributed by atoms with Gasteiger partial charge in [0.25, 0.3) is 5.91 Å². The smallest absolute Gasteiger partial charge is 0.259 e. The quantitative estimate of drug-likeness (QED) is 0.740. The van der Waals surface area contributed by atoms with Crippen molar-refractivity contribution in [3.05, 3.63) is 35.1 Å². The van der Waals surface area contributed by atoms with Gasteiger partial charge in [-0.3, -0.25) is 9.89 Å². The number of rotatable bonds is 3. The summed E-state index contributed by atoms with van der Waals surface area (Å²) in [4.78, 5) is 12.0. The summed E-state index contributed by atoms with van der Waals surface area (Å²) in [5.74, 6) is 0.00745. The molecule has 0 aliphatic rings. The van der Waals surface area contributed by atoms with Crippen LogP contribution in [-0.2, 0) is 0 Å². The number of aromatic amines is 1. The van der Waals surface area contributed by atoms with Crippen LogP contribution in [0.3, 0.4) is 0 Å². The minimum absolute atomic E-state index is 0.299. The van der Waals surface area contributed by atoms with Crippen molar-refractivity contribution in [3.8, 4) is 5.75 Å². The molecule has 0 unspecified atom stereocenters. The second kappa shape index (κ2) is 4.97. The Morgan fingerprint density at radius 2 is 2.33 bits per heavy atom. The lowest BCUT2D eigenvalue weighted by molar-refractivity contribution is 0.102. The standard InChI is InChI=1S/C11H11ClN4O2/c1-18-10-3-9(13)8(12)2-7(10)11(17)16-6-4-14-15-5-6/h2-5H,13H2,1H3,(H,14,15)(H,16,17). The van der Waals surface area contributed by atoms with Gasteiger partial charge < -0.3 is 15.8 Å². The van der Waals surface area contributed by atoms with E-state index in [1.165, 1.54) is 25.4 Å². The lowest BCUT2D eigenvalue weighted by Gasteiger charge is -2.10. The summed E-state index contributed by atoms with van der Waals surface area (Å²) >= 11 is 5.89. The number of carbonyl (C=O) groups is 1. The number of halogens is 1. The van der Waals surface area contributed by atoms with Crippen molar-refractivity contribution in [1.29, 1.82) is 0 Å². The molecule has 1 heterocycles. The summed E-state index contributed by atoms with van der Waals surface area (Å²) < 4.78 is 5.10. The van der Waals surface area contributed by atoms with Crippen LogP contribution in [0.5, 0.6) is 5.75 Å². The van der Waals surface area contributed by atoms with Crippen molar-refractivity contribution in [2.45, 2.75) is 0 Å². The monoisotopic (exact) mass is 266 g/mol. The number of H-pyrrole nitrogens is 1. The Morgan fingerprint density at radius 3 is 2.94 bits per heavy atom. The highest BCUT2D eigenvalue weighted by atomic mass is 35.5. The molecule has 1 amide bonds. The molecule has 0 radical (unpaired) electrons. The first-order valence-electron chi connectivity index (χ1n) is 5.05. The number of amides is 1. The van der Waals surface area contributed by atoms with E-state index in [1.54, 1.807) is 6.20 Å². The number of methoxy groups -OCH3 is 1. The van der Waals surface area contributed by atoms with Gasteiger partial charge in [0.05, 0.1) is 35.3 Å². The topological polar surface area (TPSA) is 93.0 Å². The third kappa shape index (κ3) is 2.38. The largest absolute Gasteiger partial charge is 0.496 e. The number of aromatic nitrogens is 2.